The second kappa shape index (κ2) is 4.58. The van der Waals surface area contributed by atoms with E-state index in [1.54, 1.807) is 6.26 Å². The van der Waals surface area contributed by atoms with Crippen LogP contribution in [0.3, 0.4) is 0 Å². The van der Waals surface area contributed by atoms with E-state index in [4.69, 9.17) is 0 Å². The van der Waals surface area contributed by atoms with Gasteiger partial charge in [0.25, 0.3) is 0 Å². The molecule has 0 aromatic heterocycles. The highest BCUT2D eigenvalue weighted by atomic mass is 32.2. The maximum atomic E-state index is 4.39. The zero-order chi connectivity index (χ0) is 8.10. The molecule has 5 heteroatoms. The first kappa shape index (κ1) is 8.83. The van der Waals surface area contributed by atoms with Crippen molar-refractivity contribution < 1.29 is 14.4 Å². The van der Waals surface area contributed by atoms with Crippen LogP contribution < -0.4 is 0 Å². The molecule has 0 spiro atoms. The number of rotatable bonds is 4. The lowest BCUT2D eigenvalue weighted by molar-refractivity contribution is -0.462. The normalized spacial score (nSPS) is 26.7. The lowest BCUT2D eigenvalue weighted by Crippen LogP contribution is -2.22. The summed E-state index contributed by atoms with van der Waals surface area (Å²) in [5.74, 6) is 0.535. The molecule has 0 heterocycles. The Bertz CT molecular complexity index is 151. The molecule has 1 atom stereocenters. The lowest BCUT2D eigenvalue weighted by Gasteiger charge is -2.21. The average molecular weight is 177 g/mol. The lowest BCUT2D eigenvalue weighted by atomic mass is 9.85. The van der Waals surface area contributed by atoms with E-state index in [0.717, 1.165) is 24.2 Å². The Kier molecular flexibility index (Phi) is 3.68. The standard InChI is InChI=1S/C6H11NO3S/c1-5-3-4-6(5)7-8-9-10-11-2/h5H,3-4H2,1-2H3/b7-6-. The van der Waals surface area contributed by atoms with Crippen LogP contribution in [0.2, 0.25) is 0 Å². The summed E-state index contributed by atoms with van der Waals surface area (Å²) >= 11 is 1.06. The van der Waals surface area contributed by atoms with Gasteiger partial charge in [-0.2, -0.15) is 4.99 Å². The van der Waals surface area contributed by atoms with Gasteiger partial charge in [-0.3, -0.25) is 0 Å². The van der Waals surface area contributed by atoms with Gasteiger partial charge in [-0.05, 0) is 18.8 Å². The van der Waals surface area contributed by atoms with Crippen LogP contribution in [0.25, 0.3) is 0 Å². The maximum absolute atomic E-state index is 4.39. The van der Waals surface area contributed by atoms with Gasteiger partial charge < -0.3 is 0 Å². The Morgan fingerprint density at radius 1 is 1.64 bits per heavy atom. The summed E-state index contributed by atoms with van der Waals surface area (Å²) in [5, 5.41) is 7.92. The third kappa shape index (κ3) is 2.69. The molecule has 1 aliphatic rings. The highest BCUT2D eigenvalue weighted by Gasteiger charge is 2.21. The molecule has 11 heavy (non-hydrogen) atoms. The fourth-order valence-corrected chi connectivity index (χ4v) is 0.881. The van der Waals surface area contributed by atoms with E-state index < -0.39 is 0 Å². The van der Waals surface area contributed by atoms with Gasteiger partial charge in [0.15, 0.2) is 0 Å². The molecule has 0 radical (unpaired) electrons. The van der Waals surface area contributed by atoms with Crippen LogP contribution in [0.15, 0.2) is 5.16 Å². The SMILES string of the molecule is CSOOO/N=C1/CCC1C. The number of hydrogen-bond acceptors (Lipinski definition) is 5. The van der Waals surface area contributed by atoms with E-state index in [0.29, 0.717) is 5.92 Å². The minimum absolute atomic E-state index is 0.535. The summed E-state index contributed by atoms with van der Waals surface area (Å²) in [6.45, 7) is 2.10. The van der Waals surface area contributed by atoms with Crippen molar-refractivity contribution in [1.29, 1.82) is 0 Å². The van der Waals surface area contributed by atoms with Gasteiger partial charge in [-0.25, -0.2) is 0 Å². The molecule has 4 nitrogen and oxygen atoms in total. The molecule has 1 unspecified atom stereocenters. The molecule has 0 amide bonds. The van der Waals surface area contributed by atoms with Crippen LogP contribution in [0.4, 0.5) is 0 Å². The van der Waals surface area contributed by atoms with Crippen molar-refractivity contribution in [3.63, 3.8) is 0 Å². The molecular formula is C6H11NO3S. The van der Waals surface area contributed by atoms with Crippen LogP contribution in [-0.4, -0.2) is 12.0 Å². The molecule has 1 saturated carbocycles. The smallest absolute Gasteiger partial charge is 0.0641 e. The van der Waals surface area contributed by atoms with E-state index in [1.165, 1.54) is 6.42 Å². The van der Waals surface area contributed by atoms with Crippen LogP contribution >= 0.6 is 12.0 Å². The van der Waals surface area contributed by atoms with Crippen LogP contribution in [0, 0.1) is 5.92 Å². The maximum Gasteiger partial charge on any atom is 0.0641 e. The van der Waals surface area contributed by atoms with Gasteiger partial charge in [-0.1, -0.05) is 12.1 Å². The van der Waals surface area contributed by atoms with E-state index in [-0.39, 0.29) is 0 Å². The molecule has 64 valence electrons. The molecule has 0 bridgehead atoms. The fourth-order valence-electron chi connectivity index (χ4n) is 0.801. The van der Waals surface area contributed by atoms with Gasteiger partial charge in [0.1, 0.15) is 0 Å². The Labute approximate surface area is 69.9 Å². The van der Waals surface area contributed by atoms with Crippen molar-refractivity contribution in [3.8, 4) is 0 Å². The predicted molar refractivity (Wildman–Crippen MR) is 42.6 cm³/mol. The second-order valence-corrected chi connectivity index (χ2v) is 2.87. The van der Waals surface area contributed by atoms with E-state index in [1.807, 2.05) is 0 Å². The minimum Gasteiger partial charge on any atom is -0.188 e. The first-order valence-electron chi connectivity index (χ1n) is 3.44. The summed E-state index contributed by atoms with van der Waals surface area (Å²) in [4.78, 5) is 4.39. The van der Waals surface area contributed by atoms with Crippen LogP contribution in [-0.2, 0) is 14.4 Å². The van der Waals surface area contributed by atoms with Gasteiger partial charge >= 0.3 is 0 Å². The quantitative estimate of drug-likeness (QED) is 0.285. The van der Waals surface area contributed by atoms with Crippen molar-refractivity contribution in [2.75, 3.05) is 6.26 Å². The minimum atomic E-state index is 0.535. The molecule has 1 fully saturated rings. The monoisotopic (exact) mass is 177 g/mol. The van der Waals surface area contributed by atoms with Gasteiger partial charge in [0, 0.05) is 23.3 Å². The summed E-state index contributed by atoms with van der Waals surface area (Å²) in [6.07, 6.45) is 3.91. The van der Waals surface area contributed by atoms with Gasteiger partial charge in [-0.15, -0.1) is 4.33 Å². The van der Waals surface area contributed by atoms with Crippen molar-refractivity contribution in [3.05, 3.63) is 0 Å². The molecule has 0 aromatic carbocycles. The zero-order valence-electron chi connectivity index (χ0n) is 6.57. The third-order valence-electron chi connectivity index (χ3n) is 1.68. The molecular weight excluding hydrogens is 166 g/mol. The topological polar surface area (TPSA) is 40.0 Å². The Morgan fingerprint density at radius 2 is 2.45 bits per heavy atom. The van der Waals surface area contributed by atoms with Crippen molar-refractivity contribution >= 4 is 17.8 Å². The van der Waals surface area contributed by atoms with Crippen molar-refractivity contribution in [2.24, 2.45) is 11.1 Å². The highest BCUT2D eigenvalue weighted by Crippen LogP contribution is 2.22. The second-order valence-electron chi connectivity index (χ2n) is 2.40. The average Bonchev–Trinajstić information content (AvgIpc) is 2.02. The van der Waals surface area contributed by atoms with Crippen LogP contribution in [0.5, 0.6) is 0 Å². The largest absolute Gasteiger partial charge is 0.188 e. The van der Waals surface area contributed by atoms with Crippen LogP contribution in [0.1, 0.15) is 19.8 Å². The van der Waals surface area contributed by atoms with Gasteiger partial charge in [0.2, 0.25) is 0 Å². The van der Waals surface area contributed by atoms with Crippen molar-refractivity contribution in [2.45, 2.75) is 19.8 Å². The Balaban J connectivity index is 2.05. The molecule has 0 saturated heterocycles. The Morgan fingerprint density at radius 3 is 2.91 bits per heavy atom. The summed E-state index contributed by atoms with van der Waals surface area (Å²) in [7, 11) is 0. The molecule has 0 N–H and O–H groups in total. The molecule has 0 aliphatic heterocycles. The predicted octanol–water partition coefficient (Wildman–Crippen LogP) is 1.93. The number of hydrogen-bond donors (Lipinski definition) is 0. The molecule has 1 aliphatic carbocycles. The summed E-state index contributed by atoms with van der Waals surface area (Å²) < 4.78 is 4.38. The molecule has 0 aromatic rings. The zero-order valence-corrected chi connectivity index (χ0v) is 7.39. The first-order valence-corrected chi connectivity index (χ1v) is 4.59. The molecule has 1 rings (SSSR count). The van der Waals surface area contributed by atoms with Crippen molar-refractivity contribution in [1.82, 2.24) is 0 Å². The van der Waals surface area contributed by atoms with E-state index in [2.05, 4.69) is 26.4 Å². The van der Waals surface area contributed by atoms with E-state index >= 15 is 0 Å². The summed E-state index contributed by atoms with van der Waals surface area (Å²) in [5.41, 5.74) is 1.04. The first-order chi connectivity index (χ1) is 5.34. The Hall–Kier alpha value is -0.260. The van der Waals surface area contributed by atoms with E-state index in [9.17, 15) is 0 Å². The summed E-state index contributed by atoms with van der Waals surface area (Å²) in [6, 6.07) is 0. The third-order valence-corrected chi connectivity index (χ3v) is 1.87. The highest BCUT2D eigenvalue weighted by molar-refractivity contribution is 7.93. The number of nitrogens with zero attached hydrogens (tertiary/aromatic N) is 1. The fraction of sp³-hybridized carbons (Fsp3) is 0.833. The van der Waals surface area contributed by atoms with Gasteiger partial charge in [0.05, 0.1) is 5.71 Å². The number of oxime groups is 1.